The lowest BCUT2D eigenvalue weighted by atomic mass is 9.93. The Hall–Kier alpha value is -1.56. The molecule has 0 spiro atoms. The molecule has 3 nitrogen and oxygen atoms in total. The number of nitrogens with zero attached hydrogens (tertiary/aromatic N) is 1. The zero-order chi connectivity index (χ0) is 14.7. The highest BCUT2D eigenvalue weighted by Gasteiger charge is 2.30. The van der Waals surface area contributed by atoms with Crippen molar-refractivity contribution in [1.29, 1.82) is 0 Å². The normalized spacial score (nSPS) is 23.8. The van der Waals surface area contributed by atoms with Gasteiger partial charge in [-0.15, -0.1) is 0 Å². The molecular weight excluding hydrogens is 269 g/mol. The third-order valence-corrected chi connectivity index (χ3v) is 3.67. The predicted molar refractivity (Wildman–Crippen MR) is 68.9 cm³/mol. The predicted octanol–water partition coefficient (Wildman–Crippen LogP) is 1.97. The summed E-state index contributed by atoms with van der Waals surface area (Å²) in [6, 6.07) is 3.27. The van der Waals surface area contributed by atoms with Gasteiger partial charge in [-0.2, -0.15) is 0 Å². The first-order valence-corrected chi connectivity index (χ1v) is 6.58. The van der Waals surface area contributed by atoms with Gasteiger partial charge in [0.05, 0.1) is 6.04 Å². The van der Waals surface area contributed by atoms with Gasteiger partial charge in [-0.25, -0.2) is 13.2 Å². The highest BCUT2D eigenvalue weighted by atomic mass is 19.2. The number of halogens is 3. The van der Waals surface area contributed by atoms with Gasteiger partial charge in [0.25, 0.3) is 0 Å². The van der Waals surface area contributed by atoms with Gasteiger partial charge < -0.3 is 10.6 Å². The van der Waals surface area contributed by atoms with Crippen LogP contribution in [-0.2, 0) is 4.79 Å². The molecule has 0 aliphatic carbocycles. The van der Waals surface area contributed by atoms with Gasteiger partial charge in [0.15, 0.2) is 11.6 Å². The zero-order valence-electron chi connectivity index (χ0n) is 11.0. The molecule has 2 N–H and O–H groups in total. The van der Waals surface area contributed by atoms with E-state index in [1.807, 2.05) is 0 Å². The molecule has 0 radical (unpaired) electrons. The molecule has 110 valence electrons. The zero-order valence-corrected chi connectivity index (χ0v) is 11.0. The van der Waals surface area contributed by atoms with Gasteiger partial charge in [-0.1, -0.05) is 12.1 Å². The van der Waals surface area contributed by atoms with Crippen molar-refractivity contribution in [3.63, 3.8) is 0 Å². The lowest BCUT2D eigenvalue weighted by molar-refractivity contribution is -0.132. The number of carbonyl (C=O) groups excluding carboxylic acids is 1. The Balaban J connectivity index is 2.27. The summed E-state index contributed by atoms with van der Waals surface area (Å²) in [5.41, 5.74) is 5.94. The van der Waals surface area contributed by atoms with Crippen molar-refractivity contribution in [2.45, 2.75) is 24.8 Å². The van der Waals surface area contributed by atoms with E-state index in [-0.39, 0.29) is 30.5 Å². The minimum Gasteiger partial charge on any atom is -0.338 e. The Bertz CT molecular complexity index is 495. The number of benzene rings is 1. The molecule has 1 fully saturated rings. The minimum atomic E-state index is -0.917. The van der Waals surface area contributed by atoms with Gasteiger partial charge in [-0.3, -0.25) is 4.79 Å². The van der Waals surface area contributed by atoms with Gasteiger partial charge in [0.2, 0.25) is 5.91 Å². The smallest absolute Gasteiger partial charge is 0.239 e. The minimum absolute atomic E-state index is 0.0695. The SMILES string of the molecule is N[C@@H]1CC[C@@H](c2cccc(F)c2F)CN(CCF)C1=O. The molecule has 1 heterocycles. The fourth-order valence-corrected chi connectivity index (χ4v) is 2.58. The molecule has 2 rings (SSSR count). The summed E-state index contributed by atoms with van der Waals surface area (Å²) in [6.07, 6.45) is 0.846. The molecule has 0 unspecified atom stereocenters. The Morgan fingerprint density at radius 1 is 1.30 bits per heavy atom. The molecule has 0 saturated carbocycles. The number of carbonyl (C=O) groups is 1. The second-order valence-electron chi connectivity index (χ2n) is 5.00. The highest BCUT2D eigenvalue weighted by molar-refractivity contribution is 5.82. The number of amides is 1. The first-order chi connectivity index (χ1) is 9.54. The molecular formula is C14H17F3N2O. The number of alkyl halides is 1. The Kier molecular flexibility index (Phi) is 4.65. The van der Waals surface area contributed by atoms with Crippen LogP contribution in [0.1, 0.15) is 24.3 Å². The van der Waals surface area contributed by atoms with E-state index in [1.54, 1.807) is 0 Å². The Morgan fingerprint density at radius 3 is 2.75 bits per heavy atom. The van der Waals surface area contributed by atoms with E-state index < -0.39 is 24.4 Å². The summed E-state index contributed by atoms with van der Waals surface area (Å²) in [7, 11) is 0. The van der Waals surface area contributed by atoms with Crippen LogP contribution in [0.25, 0.3) is 0 Å². The molecule has 2 atom stereocenters. The summed E-state index contributed by atoms with van der Waals surface area (Å²) in [5.74, 6) is -2.52. The quantitative estimate of drug-likeness (QED) is 0.923. The molecule has 1 aromatic carbocycles. The first-order valence-electron chi connectivity index (χ1n) is 6.58. The van der Waals surface area contributed by atoms with Crippen LogP contribution in [0, 0.1) is 11.6 Å². The maximum absolute atomic E-state index is 13.8. The van der Waals surface area contributed by atoms with Crippen LogP contribution in [0.15, 0.2) is 18.2 Å². The van der Waals surface area contributed by atoms with Gasteiger partial charge in [-0.05, 0) is 24.5 Å². The second kappa shape index (κ2) is 6.26. The fourth-order valence-electron chi connectivity index (χ4n) is 2.58. The van der Waals surface area contributed by atoms with Crippen molar-refractivity contribution >= 4 is 5.91 Å². The van der Waals surface area contributed by atoms with Crippen LogP contribution < -0.4 is 5.73 Å². The lowest BCUT2D eigenvalue weighted by Crippen LogP contribution is -2.43. The monoisotopic (exact) mass is 286 g/mol. The van der Waals surface area contributed by atoms with E-state index >= 15 is 0 Å². The molecule has 1 aliphatic heterocycles. The number of hydrogen-bond acceptors (Lipinski definition) is 2. The maximum Gasteiger partial charge on any atom is 0.239 e. The molecule has 1 saturated heterocycles. The summed E-state index contributed by atoms with van der Waals surface area (Å²) < 4.78 is 39.7. The first kappa shape index (κ1) is 14.8. The van der Waals surface area contributed by atoms with E-state index in [4.69, 9.17) is 5.73 Å². The summed E-state index contributed by atoms with van der Waals surface area (Å²) in [5, 5.41) is 0. The number of likely N-dealkylation sites (tertiary alicyclic amines) is 1. The fraction of sp³-hybridized carbons (Fsp3) is 0.500. The number of rotatable bonds is 3. The van der Waals surface area contributed by atoms with Crippen LogP contribution in [0.5, 0.6) is 0 Å². The Labute approximate surface area is 115 Å². The van der Waals surface area contributed by atoms with Crippen molar-refractivity contribution in [3.05, 3.63) is 35.4 Å². The van der Waals surface area contributed by atoms with E-state index in [0.29, 0.717) is 12.8 Å². The Morgan fingerprint density at radius 2 is 2.05 bits per heavy atom. The molecule has 0 bridgehead atoms. The molecule has 0 aromatic heterocycles. The lowest BCUT2D eigenvalue weighted by Gasteiger charge is -2.24. The number of nitrogens with two attached hydrogens (primary N) is 1. The van der Waals surface area contributed by atoms with Gasteiger partial charge in [0.1, 0.15) is 6.67 Å². The van der Waals surface area contributed by atoms with E-state index in [0.717, 1.165) is 6.07 Å². The van der Waals surface area contributed by atoms with Crippen molar-refractivity contribution in [3.8, 4) is 0 Å². The molecule has 1 amide bonds. The molecule has 6 heteroatoms. The topological polar surface area (TPSA) is 46.3 Å². The molecule has 1 aliphatic rings. The van der Waals surface area contributed by atoms with Crippen molar-refractivity contribution in [1.82, 2.24) is 4.90 Å². The van der Waals surface area contributed by atoms with E-state index in [1.165, 1.54) is 17.0 Å². The standard InChI is InChI=1S/C14H17F3N2O/c15-6-7-19-8-9(4-5-12(18)14(19)20)10-2-1-3-11(16)13(10)17/h1-3,9,12H,4-8,18H2/t9-,12-/m1/s1. The summed E-state index contributed by atoms with van der Waals surface area (Å²) in [4.78, 5) is 13.2. The van der Waals surface area contributed by atoms with Crippen LogP contribution in [0.2, 0.25) is 0 Å². The highest BCUT2D eigenvalue weighted by Crippen LogP contribution is 2.29. The van der Waals surface area contributed by atoms with E-state index in [9.17, 15) is 18.0 Å². The van der Waals surface area contributed by atoms with Crippen LogP contribution in [0.4, 0.5) is 13.2 Å². The van der Waals surface area contributed by atoms with Crippen molar-refractivity contribution < 1.29 is 18.0 Å². The molecule has 1 aromatic rings. The average molecular weight is 286 g/mol. The second-order valence-corrected chi connectivity index (χ2v) is 5.00. The molecule has 20 heavy (non-hydrogen) atoms. The summed E-state index contributed by atoms with van der Waals surface area (Å²) in [6.45, 7) is -0.590. The maximum atomic E-state index is 13.8. The average Bonchev–Trinajstić information content (AvgIpc) is 2.56. The van der Waals surface area contributed by atoms with Crippen molar-refractivity contribution in [2.24, 2.45) is 5.73 Å². The summed E-state index contributed by atoms with van der Waals surface area (Å²) >= 11 is 0. The van der Waals surface area contributed by atoms with Crippen LogP contribution in [-0.4, -0.2) is 36.6 Å². The van der Waals surface area contributed by atoms with Crippen LogP contribution >= 0.6 is 0 Å². The third-order valence-electron chi connectivity index (χ3n) is 3.67. The largest absolute Gasteiger partial charge is 0.338 e. The number of hydrogen-bond donors (Lipinski definition) is 1. The van der Waals surface area contributed by atoms with Gasteiger partial charge >= 0.3 is 0 Å². The van der Waals surface area contributed by atoms with E-state index in [2.05, 4.69) is 0 Å². The van der Waals surface area contributed by atoms with Gasteiger partial charge in [0, 0.05) is 19.0 Å². The van der Waals surface area contributed by atoms with Crippen LogP contribution in [0.3, 0.4) is 0 Å². The third kappa shape index (κ3) is 2.95. The van der Waals surface area contributed by atoms with Crippen molar-refractivity contribution in [2.75, 3.05) is 19.8 Å².